The molecule has 0 saturated heterocycles. The number of benzene rings is 3. The molecule has 0 aliphatic carbocycles. The summed E-state index contributed by atoms with van der Waals surface area (Å²) in [5, 5.41) is 4.44. The van der Waals surface area contributed by atoms with Gasteiger partial charge in [-0.3, -0.25) is 9.59 Å². The van der Waals surface area contributed by atoms with Crippen LogP contribution in [0.15, 0.2) is 90.0 Å². The fourth-order valence-electron chi connectivity index (χ4n) is 3.33. The van der Waals surface area contributed by atoms with Crippen LogP contribution in [0, 0.1) is 12.7 Å². The van der Waals surface area contributed by atoms with E-state index in [-0.39, 0.29) is 5.75 Å². The molecule has 0 bridgehead atoms. The van der Waals surface area contributed by atoms with E-state index in [9.17, 15) is 14.0 Å². The molecule has 0 aliphatic rings. The van der Waals surface area contributed by atoms with Crippen molar-refractivity contribution in [3.8, 4) is 0 Å². The van der Waals surface area contributed by atoms with Crippen molar-refractivity contribution >= 4 is 40.2 Å². The second-order valence-electron chi connectivity index (χ2n) is 7.36. The molecule has 0 saturated carbocycles. The number of ether oxygens (including phenoxy) is 1. The van der Waals surface area contributed by atoms with Gasteiger partial charge in [0, 0.05) is 16.6 Å². The average molecular weight is 461 g/mol. The standard InChI is InChI=1S/C26H21FN2O3S/c1-17-15-23(29-22-10-6-5-9-21(17)22)33-16-24(30)32-25(18-7-3-2-4-8-18)26(31)28-20-13-11-19(27)12-14-20/h2-15,25H,16H2,1H3,(H,28,31). The molecule has 4 aromatic rings. The molecular formula is C26H21FN2O3S. The van der Waals surface area contributed by atoms with Gasteiger partial charge < -0.3 is 10.1 Å². The van der Waals surface area contributed by atoms with E-state index in [1.165, 1.54) is 36.0 Å². The van der Waals surface area contributed by atoms with Gasteiger partial charge in [-0.1, -0.05) is 60.3 Å². The highest BCUT2D eigenvalue weighted by atomic mass is 32.2. The average Bonchev–Trinajstić information content (AvgIpc) is 2.83. The van der Waals surface area contributed by atoms with E-state index in [4.69, 9.17) is 4.74 Å². The van der Waals surface area contributed by atoms with Gasteiger partial charge in [-0.2, -0.15) is 0 Å². The summed E-state index contributed by atoms with van der Waals surface area (Å²) >= 11 is 1.25. The van der Waals surface area contributed by atoms with Crippen molar-refractivity contribution in [1.29, 1.82) is 0 Å². The Bertz CT molecular complexity index is 1280. The number of pyridine rings is 1. The number of fused-ring (bicyclic) bond motifs is 1. The maximum Gasteiger partial charge on any atom is 0.317 e. The molecule has 1 N–H and O–H groups in total. The molecule has 0 fully saturated rings. The molecule has 1 atom stereocenters. The molecule has 166 valence electrons. The lowest BCUT2D eigenvalue weighted by molar-refractivity contribution is -0.152. The van der Waals surface area contributed by atoms with E-state index < -0.39 is 23.8 Å². The van der Waals surface area contributed by atoms with Crippen LogP contribution in [-0.4, -0.2) is 22.6 Å². The Balaban J connectivity index is 1.46. The summed E-state index contributed by atoms with van der Waals surface area (Å²) in [6.45, 7) is 2.00. The summed E-state index contributed by atoms with van der Waals surface area (Å²) in [6, 6.07) is 23.9. The molecule has 1 aromatic heterocycles. The number of thioether (sulfide) groups is 1. The number of halogens is 1. The number of nitrogens with one attached hydrogen (secondary N) is 1. The van der Waals surface area contributed by atoms with Crippen LogP contribution >= 0.6 is 11.8 Å². The topological polar surface area (TPSA) is 68.3 Å². The largest absolute Gasteiger partial charge is 0.447 e. The van der Waals surface area contributed by atoms with Crippen LogP contribution in [0.25, 0.3) is 10.9 Å². The van der Waals surface area contributed by atoms with Crippen LogP contribution in [0.4, 0.5) is 10.1 Å². The van der Waals surface area contributed by atoms with E-state index in [1.54, 1.807) is 24.3 Å². The van der Waals surface area contributed by atoms with Crippen molar-refractivity contribution < 1.29 is 18.7 Å². The van der Waals surface area contributed by atoms with Gasteiger partial charge in [0.05, 0.1) is 16.3 Å². The molecule has 0 aliphatic heterocycles. The zero-order valence-corrected chi connectivity index (χ0v) is 18.6. The van der Waals surface area contributed by atoms with Crippen molar-refractivity contribution in [3.05, 3.63) is 102 Å². The number of hydrogen-bond acceptors (Lipinski definition) is 5. The third-order valence-corrected chi connectivity index (χ3v) is 5.82. The Morgan fingerprint density at radius 3 is 2.45 bits per heavy atom. The van der Waals surface area contributed by atoms with E-state index in [1.807, 2.05) is 43.3 Å². The number of aryl methyl sites for hydroxylation is 1. The molecule has 4 rings (SSSR count). The second-order valence-corrected chi connectivity index (χ2v) is 8.36. The summed E-state index contributed by atoms with van der Waals surface area (Å²) in [5.41, 5.74) is 2.87. The van der Waals surface area contributed by atoms with Crippen molar-refractivity contribution in [2.75, 3.05) is 11.1 Å². The minimum Gasteiger partial charge on any atom is -0.447 e. The highest BCUT2D eigenvalue weighted by molar-refractivity contribution is 7.99. The molecule has 1 heterocycles. The molecule has 1 unspecified atom stereocenters. The van der Waals surface area contributed by atoms with Crippen LogP contribution in [0.3, 0.4) is 0 Å². The molecule has 5 nitrogen and oxygen atoms in total. The first-order valence-corrected chi connectivity index (χ1v) is 11.3. The van der Waals surface area contributed by atoms with E-state index >= 15 is 0 Å². The van der Waals surface area contributed by atoms with Crippen molar-refractivity contribution in [3.63, 3.8) is 0 Å². The second kappa shape index (κ2) is 10.3. The summed E-state index contributed by atoms with van der Waals surface area (Å²) < 4.78 is 18.7. The van der Waals surface area contributed by atoms with E-state index in [2.05, 4.69) is 10.3 Å². The quantitative estimate of drug-likeness (QED) is 0.283. The highest BCUT2D eigenvalue weighted by Crippen LogP contribution is 2.25. The van der Waals surface area contributed by atoms with Crippen molar-refractivity contribution in [2.24, 2.45) is 0 Å². The Kier molecular flexibility index (Phi) is 7.00. The van der Waals surface area contributed by atoms with Crippen LogP contribution in [0.2, 0.25) is 0 Å². The van der Waals surface area contributed by atoms with Gasteiger partial charge in [-0.15, -0.1) is 0 Å². The van der Waals surface area contributed by atoms with Gasteiger partial charge in [-0.25, -0.2) is 9.37 Å². The first-order chi connectivity index (χ1) is 16.0. The number of para-hydroxylation sites is 1. The number of nitrogens with zero attached hydrogens (tertiary/aromatic N) is 1. The number of carbonyl (C=O) groups is 2. The molecule has 7 heteroatoms. The molecule has 0 radical (unpaired) electrons. The molecule has 3 aromatic carbocycles. The van der Waals surface area contributed by atoms with E-state index in [0.29, 0.717) is 16.3 Å². The first kappa shape index (κ1) is 22.5. The normalized spacial score (nSPS) is 11.7. The molecule has 33 heavy (non-hydrogen) atoms. The smallest absolute Gasteiger partial charge is 0.317 e. The van der Waals surface area contributed by atoms with Gasteiger partial charge in [0.25, 0.3) is 5.91 Å². The third-order valence-electron chi connectivity index (χ3n) is 4.94. The number of anilines is 1. The monoisotopic (exact) mass is 460 g/mol. The third kappa shape index (κ3) is 5.75. The SMILES string of the molecule is Cc1cc(SCC(=O)OC(C(=O)Nc2ccc(F)cc2)c2ccccc2)nc2ccccc12. The first-order valence-electron chi connectivity index (χ1n) is 10.3. The lowest BCUT2D eigenvalue weighted by Crippen LogP contribution is -2.26. The number of aromatic nitrogens is 1. The summed E-state index contributed by atoms with van der Waals surface area (Å²) in [6.07, 6.45) is -1.14. The number of amides is 1. The van der Waals surface area contributed by atoms with Crippen molar-refractivity contribution in [1.82, 2.24) is 4.98 Å². The fraction of sp³-hybridized carbons (Fsp3) is 0.115. The molecule has 1 amide bonds. The minimum absolute atomic E-state index is 0.00204. The maximum atomic E-state index is 13.2. The van der Waals surface area contributed by atoms with Gasteiger partial charge in [0.15, 0.2) is 0 Å². The maximum absolute atomic E-state index is 13.2. The summed E-state index contributed by atoms with van der Waals surface area (Å²) in [5.74, 6) is -1.48. The Labute approximate surface area is 195 Å². The predicted molar refractivity (Wildman–Crippen MR) is 128 cm³/mol. The minimum atomic E-state index is -1.14. The van der Waals surface area contributed by atoms with Gasteiger partial charge in [-0.05, 0) is 48.9 Å². The van der Waals surface area contributed by atoms with Crippen LogP contribution in [0.1, 0.15) is 17.2 Å². The fourth-order valence-corrected chi connectivity index (χ4v) is 4.09. The van der Waals surface area contributed by atoms with Crippen LogP contribution in [-0.2, 0) is 14.3 Å². The Morgan fingerprint density at radius 1 is 1.00 bits per heavy atom. The lowest BCUT2D eigenvalue weighted by atomic mass is 10.1. The molecular weight excluding hydrogens is 439 g/mol. The molecule has 0 spiro atoms. The van der Waals surface area contributed by atoms with E-state index in [0.717, 1.165) is 16.5 Å². The van der Waals surface area contributed by atoms with Gasteiger partial charge >= 0.3 is 5.97 Å². The lowest BCUT2D eigenvalue weighted by Gasteiger charge is -2.18. The number of carbonyl (C=O) groups excluding carboxylic acids is 2. The van der Waals surface area contributed by atoms with Gasteiger partial charge in [0.2, 0.25) is 6.10 Å². The van der Waals surface area contributed by atoms with Crippen LogP contribution in [0.5, 0.6) is 0 Å². The summed E-state index contributed by atoms with van der Waals surface area (Å²) in [7, 11) is 0. The Hall–Kier alpha value is -3.71. The Morgan fingerprint density at radius 2 is 1.70 bits per heavy atom. The van der Waals surface area contributed by atoms with Crippen molar-refractivity contribution in [2.45, 2.75) is 18.1 Å². The summed E-state index contributed by atoms with van der Waals surface area (Å²) in [4.78, 5) is 30.1. The predicted octanol–water partition coefficient (Wildman–Crippen LogP) is 5.70. The zero-order valence-electron chi connectivity index (χ0n) is 17.8. The zero-order chi connectivity index (χ0) is 23.2. The highest BCUT2D eigenvalue weighted by Gasteiger charge is 2.25. The number of rotatable bonds is 7. The number of esters is 1. The number of hydrogen-bond donors (Lipinski definition) is 1. The van der Waals surface area contributed by atoms with Crippen LogP contribution < -0.4 is 5.32 Å². The van der Waals surface area contributed by atoms with Gasteiger partial charge in [0.1, 0.15) is 5.82 Å².